The highest BCUT2D eigenvalue weighted by Gasteiger charge is 2.24. The average molecular weight is 471 g/mol. The van der Waals surface area contributed by atoms with Crippen molar-refractivity contribution in [1.82, 2.24) is 9.88 Å². The van der Waals surface area contributed by atoms with Crippen molar-refractivity contribution < 1.29 is 4.74 Å². The Bertz CT molecular complexity index is 1180. The molecule has 0 spiro atoms. The molecule has 0 unspecified atom stereocenters. The third-order valence-electron chi connectivity index (χ3n) is 6.38. The summed E-state index contributed by atoms with van der Waals surface area (Å²) in [5, 5.41) is 0.723. The topological polar surface area (TPSA) is 25.4 Å². The van der Waals surface area contributed by atoms with Crippen LogP contribution in [0.2, 0.25) is 5.02 Å². The summed E-state index contributed by atoms with van der Waals surface area (Å²) >= 11 is 5.97. The number of hydrogen-bond donors (Lipinski definition) is 0. The Morgan fingerprint density at radius 1 is 1.03 bits per heavy atom. The van der Waals surface area contributed by atoms with Crippen LogP contribution in [0.25, 0.3) is 17.2 Å². The molecule has 1 aromatic heterocycles. The molecule has 3 nitrogen and oxygen atoms in total. The van der Waals surface area contributed by atoms with Crippen LogP contribution >= 0.6 is 11.6 Å². The van der Waals surface area contributed by atoms with Crippen LogP contribution < -0.4 is 4.74 Å². The maximum Gasteiger partial charge on any atom is 0.126 e. The van der Waals surface area contributed by atoms with E-state index in [0.717, 1.165) is 58.4 Å². The van der Waals surface area contributed by atoms with Gasteiger partial charge in [-0.15, -0.1) is 0 Å². The molecule has 0 N–H and O–H groups in total. The van der Waals surface area contributed by atoms with Crippen molar-refractivity contribution >= 4 is 17.7 Å². The fourth-order valence-corrected chi connectivity index (χ4v) is 4.13. The Morgan fingerprint density at radius 2 is 1.76 bits per heavy atom. The molecule has 4 heteroatoms. The maximum atomic E-state index is 6.08. The first-order valence-corrected chi connectivity index (χ1v) is 12.2. The number of aromatic nitrogens is 1. The molecule has 0 saturated carbocycles. The lowest BCUT2D eigenvalue weighted by Gasteiger charge is -2.36. The molecular formula is C30H31ClN2O. The summed E-state index contributed by atoms with van der Waals surface area (Å²) in [4.78, 5) is 6.98. The maximum absolute atomic E-state index is 6.08. The van der Waals surface area contributed by atoms with E-state index in [1.54, 1.807) is 0 Å². The highest BCUT2D eigenvalue weighted by molar-refractivity contribution is 6.30. The molecule has 2 aromatic carbocycles. The van der Waals surface area contributed by atoms with Crippen LogP contribution in [0.5, 0.6) is 5.75 Å². The Balaban J connectivity index is 1.35. The number of halogens is 1. The highest BCUT2D eigenvalue weighted by Crippen LogP contribution is 2.29. The molecule has 174 valence electrons. The van der Waals surface area contributed by atoms with E-state index in [2.05, 4.69) is 42.2 Å². The zero-order valence-corrected chi connectivity index (χ0v) is 20.7. The fourth-order valence-electron chi connectivity index (χ4n) is 4.00. The van der Waals surface area contributed by atoms with Gasteiger partial charge in [0.1, 0.15) is 18.1 Å². The van der Waals surface area contributed by atoms with Gasteiger partial charge in [0.2, 0.25) is 0 Å². The first-order valence-electron chi connectivity index (χ1n) is 11.8. The first kappa shape index (κ1) is 24.1. The number of hydrogen-bond acceptors (Lipinski definition) is 3. The van der Waals surface area contributed by atoms with Gasteiger partial charge in [-0.2, -0.15) is 0 Å². The normalized spacial score (nSPS) is 15.3. The van der Waals surface area contributed by atoms with Crippen molar-refractivity contribution in [3.05, 3.63) is 89.2 Å². The van der Waals surface area contributed by atoms with Gasteiger partial charge in [0, 0.05) is 34.5 Å². The molecule has 34 heavy (non-hydrogen) atoms. The van der Waals surface area contributed by atoms with Crippen LogP contribution in [0, 0.1) is 17.3 Å². The largest absolute Gasteiger partial charge is 0.492 e. The summed E-state index contributed by atoms with van der Waals surface area (Å²) in [6.07, 6.45) is 6.15. The lowest BCUT2D eigenvalue weighted by Crippen LogP contribution is -2.39. The van der Waals surface area contributed by atoms with Crippen molar-refractivity contribution in [3.63, 3.8) is 0 Å². The second-order valence-electron chi connectivity index (χ2n) is 9.50. The lowest BCUT2D eigenvalue weighted by atomic mass is 9.83. The summed E-state index contributed by atoms with van der Waals surface area (Å²) in [7, 11) is 0. The monoisotopic (exact) mass is 470 g/mol. The van der Waals surface area contributed by atoms with Crippen molar-refractivity contribution in [2.24, 2.45) is 5.41 Å². The minimum Gasteiger partial charge on any atom is -0.492 e. The Hall–Kier alpha value is -3.06. The first-order chi connectivity index (χ1) is 16.4. The average Bonchev–Trinajstić information content (AvgIpc) is 2.85. The predicted molar refractivity (Wildman–Crippen MR) is 142 cm³/mol. The Morgan fingerprint density at radius 3 is 2.44 bits per heavy atom. The SMILES string of the molecule is C=Cc1cc(C#Cc2ccc(-c3ccc(Cl)cc3)cn2)ccc1OCCN1CCC(C)(C)CC1. The summed E-state index contributed by atoms with van der Waals surface area (Å²) in [6, 6.07) is 17.7. The molecule has 3 aromatic rings. The third-order valence-corrected chi connectivity index (χ3v) is 6.63. The minimum absolute atomic E-state index is 0.471. The van der Waals surface area contributed by atoms with E-state index in [4.69, 9.17) is 16.3 Å². The Kier molecular flexibility index (Phi) is 7.73. The van der Waals surface area contributed by atoms with E-state index in [1.165, 1.54) is 12.8 Å². The summed E-state index contributed by atoms with van der Waals surface area (Å²) in [5.74, 6) is 7.20. The molecule has 2 heterocycles. The van der Waals surface area contributed by atoms with Crippen LogP contribution in [0.3, 0.4) is 0 Å². The van der Waals surface area contributed by atoms with Gasteiger partial charge < -0.3 is 4.74 Å². The molecule has 0 bridgehead atoms. The second-order valence-corrected chi connectivity index (χ2v) is 9.94. The number of piperidine rings is 1. The van der Waals surface area contributed by atoms with E-state index in [-0.39, 0.29) is 0 Å². The van der Waals surface area contributed by atoms with Gasteiger partial charge in [0.05, 0.1) is 0 Å². The van der Waals surface area contributed by atoms with Crippen molar-refractivity contribution in [2.45, 2.75) is 26.7 Å². The number of rotatable bonds is 6. The van der Waals surface area contributed by atoms with Gasteiger partial charge in [-0.05, 0) is 79.2 Å². The van der Waals surface area contributed by atoms with E-state index in [0.29, 0.717) is 12.0 Å². The third kappa shape index (κ3) is 6.50. The molecule has 0 radical (unpaired) electrons. The van der Waals surface area contributed by atoms with E-state index in [9.17, 15) is 0 Å². The quantitative estimate of drug-likeness (QED) is 0.364. The molecular weight excluding hydrogens is 440 g/mol. The van der Waals surface area contributed by atoms with Gasteiger partial charge >= 0.3 is 0 Å². The Labute approximate surface area is 208 Å². The molecule has 1 saturated heterocycles. The lowest BCUT2D eigenvalue weighted by molar-refractivity contribution is 0.116. The van der Waals surface area contributed by atoms with Crippen LogP contribution in [0.4, 0.5) is 0 Å². The molecule has 0 atom stereocenters. The summed E-state index contributed by atoms with van der Waals surface area (Å²) < 4.78 is 6.08. The fraction of sp³-hybridized carbons (Fsp3) is 0.300. The van der Waals surface area contributed by atoms with Crippen molar-refractivity contribution in [2.75, 3.05) is 26.2 Å². The van der Waals surface area contributed by atoms with Crippen molar-refractivity contribution in [3.8, 4) is 28.7 Å². The smallest absolute Gasteiger partial charge is 0.126 e. The number of nitrogens with zero attached hydrogens (tertiary/aromatic N) is 2. The number of pyridine rings is 1. The van der Waals surface area contributed by atoms with E-state index < -0.39 is 0 Å². The van der Waals surface area contributed by atoms with E-state index >= 15 is 0 Å². The van der Waals surface area contributed by atoms with Gasteiger partial charge in [-0.3, -0.25) is 4.90 Å². The minimum atomic E-state index is 0.471. The van der Waals surface area contributed by atoms with Gasteiger partial charge in [0.25, 0.3) is 0 Å². The molecule has 1 fully saturated rings. The van der Waals surface area contributed by atoms with Crippen LogP contribution in [0.15, 0.2) is 67.4 Å². The zero-order chi connectivity index (χ0) is 24.0. The zero-order valence-electron chi connectivity index (χ0n) is 20.0. The van der Waals surface area contributed by atoms with Gasteiger partial charge in [0.15, 0.2) is 0 Å². The van der Waals surface area contributed by atoms with Crippen LogP contribution in [-0.4, -0.2) is 36.1 Å². The predicted octanol–water partition coefficient (Wildman–Crippen LogP) is 6.95. The number of likely N-dealkylation sites (tertiary alicyclic amines) is 1. The second kappa shape index (κ2) is 10.9. The summed E-state index contributed by atoms with van der Waals surface area (Å²) in [6.45, 7) is 12.6. The molecule has 0 amide bonds. The molecule has 0 aliphatic carbocycles. The van der Waals surface area contributed by atoms with E-state index in [1.807, 2.05) is 66.9 Å². The molecule has 1 aliphatic rings. The summed E-state index contributed by atoms with van der Waals surface area (Å²) in [5.41, 5.74) is 5.17. The standard InChI is InChI=1S/C30H31ClN2O/c1-4-24-21-23(6-14-29(24)34-20-19-33-17-15-30(2,3)16-18-33)5-12-28-13-9-26(22-32-28)25-7-10-27(31)11-8-25/h4,6-11,13-14,21-22H,1,15-20H2,2-3H3. The highest BCUT2D eigenvalue weighted by atomic mass is 35.5. The van der Waals surface area contributed by atoms with Gasteiger partial charge in [-0.1, -0.05) is 62.2 Å². The number of benzene rings is 2. The van der Waals surface area contributed by atoms with Crippen LogP contribution in [0.1, 0.15) is 43.5 Å². The molecule has 4 rings (SSSR count). The van der Waals surface area contributed by atoms with Crippen molar-refractivity contribution in [1.29, 1.82) is 0 Å². The van der Waals surface area contributed by atoms with Crippen LogP contribution in [-0.2, 0) is 0 Å². The molecule has 1 aliphatic heterocycles. The van der Waals surface area contributed by atoms with Gasteiger partial charge in [-0.25, -0.2) is 4.98 Å². The number of ether oxygens (including phenoxy) is 1.